The summed E-state index contributed by atoms with van der Waals surface area (Å²) in [4.78, 5) is 23.2. The molecule has 0 saturated carbocycles. The van der Waals surface area contributed by atoms with Crippen LogP contribution in [0.1, 0.15) is 30.5 Å². The molecule has 1 aromatic rings. The molecule has 0 saturated heterocycles. The number of nitrogens with one attached hydrogen (secondary N) is 1. The van der Waals surface area contributed by atoms with E-state index < -0.39 is 5.97 Å². The van der Waals surface area contributed by atoms with Crippen molar-refractivity contribution in [2.24, 2.45) is 0 Å². The Labute approximate surface area is 106 Å². The van der Waals surface area contributed by atoms with E-state index in [9.17, 15) is 9.59 Å². The molecule has 94 valence electrons. The highest BCUT2D eigenvalue weighted by atomic mass is 16.5. The molecule has 0 fully saturated rings. The molecule has 1 aliphatic heterocycles. The summed E-state index contributed by atoms with van der Waals surface area (Å²) < 4.78 is 4.60. The van der Waals surface area contributed by atoms with E-state index in [1.165, 1.54) is 7.11 Å². The molecule has 2 rings (SSSR count). The fourth-order valence-electron chi connectivity index (χ4n) is 2.02. The minimum atomic E-state index is -0.413. The number of carbonyl (C=O) groups is 2. The molecule has 4 heteroatoms. The highest BCUT2D eigenvalue weighted by molar-refractivity contribution is 6.02. The summed E-state index contributed by atoms with van der Waals surface area (Å²) in [7, 11) is 1.31. The van der Waals surface area contributed by atoms with Crippen molar-refractivity contribution in [3.63, 3.8) is 0 Å². The number of hydrogen-bond acceptors (Lipinski definition) is 3. The monoisotopic (exact) mass is 245 g/mol. The van der Waals surface area contributed by atoms with Crippen molar-refractivity contribution >= 4 is 18.0 Å². The quantitative estimate of drug-likeness (QED) is 0.809. The van der Waals surface area contributed by atoms with Crippen molar-refractivity contribution < 1.29 is 14.3 Å². The number of carbonyl (C=O) groups excluding carboxylic acids is 2. The summed E-state index contributed by atoms with van der Waals surface area (Å²) in [6.45, 7) is 1.92. The van der Waals surface area contributed by atoms with Gasteiger partial charge in [0.15, 0.2) is 0 Å². The van der Waals surface area contributed by atoms with Crippen LogP contribution < -0.4 is 5.32 Å². The second-order valence-electron chi connectivity index (χ2n) is 4.25. The van der Waals surface area contributed by atoms with Gasteiger partial charge in [0, 0.05) is 5.57 Å². The maximum Gasteiger partial charge on any atom is 0.310 e. The molecular weight excluding hydrogens is 230 g/mol. The lowest BCUT2D eigenvalue weighted by Gasteiger charge is -2.13. The fourth-order valence-corrected chi connectivity index (χ4v) is 2.02. The number of methoxy groups -OCH3 is 1. The number of fused-ring (bicyclic) bond motifs is 1. The van der Waals surface area contributed by atoms with Crippen molar-refractivity contribution in [3.8, 4) is 0 Å². The first-order valence-electron chi connectivity index (χ1n) is 5.79. The van der Waals surface area contributed by atoms with E-state index in [4.69, 9.17) is 0 Å². The van der Waals surface area contributed by atoms with Crippen LogP contribution in [-0.2, 0) is 14.3 Å². The number of amides is 1. The van der Waals surface area contributed by atoms with Gasteiger partial charge in [-0.25, -0.2) is 0 Å². The summed E-state index contributed by atoms with van der Waals surface area (Å²) in [5, 5.41) is 2.86. The highest BCUT2D eigenvalue weighted by Crippen LogP contribution is 2.25. The SMILES string of the molecule is COC(=O)CC1=Cc2ccccc2C(C)NC1=O. The zero-order chi connectivity index (χ0) is 13.1. The standard InChI is InChI=1S/C14H15NO3/c1-9-12-6-4-3-5-10(12)7-11(14(17)15-9)8-13(16)18-2/h3-7,9H,8H2,1-2H3,(H,15,17). The van der Waals surface area contributed by atoms with Gasteiger partial charge in [-0.1, -0.05) is 24.3 Å². The maximum absolute atomic E-state index is 12.0. The number of esters is 1. The first-order valence-corrected chi connectivity index (χ1v) is 5.79. The van der Waals surface area contributed by atoms with Gasteiger partial charge in [0.05, 0.1) is 19.6 Å². The third-order valence-corrected chi connectivity index (χ3v) is 2.99. The minimum Gasteiger partial charge on any atom is -0.469 e. The second-order valence-corrected chi connectivity index (χ2v) is 4.25. The summed E-state index contributed by atoms with van der Waals surface area (Å²) in [5.74, 6) is -0.632. The van der Waals surface area contributed by atoms with Gasteiger partial charge in [-0.2, -0.15) is 0 Å². The average Bonchev–Trinajstić information content (AvgIpc) is 2.48. The topological polar surface area (TPSA) is 55.4 Å². The molecule has 1 aromatic carbocycles. The van der Waals surface area contributed by atoms with Crippen LogP contribution in [0.25, 0.3) is 6.08 Å². The summed E-state index contributed by atoms with van der Waals surface area (Å²) >= 11 is 0. The van der Waals surface area contributed by atoms with Gasteiger partial charge < -0.3 is 10.1 Å². The average molecular weight is 245 g/mol. The van der Waals surface area contributed by atoms with E-state index in [1.54, 1.807) is 6.08 Å². The van der Waals surface area contributed by atoms with Crippen molar-refractivity contribution in [2.75, 3.05) is 7.11 Å². The van der Waals surface area contributed by atoms with Crippen LogP contribution in [0, 0.1) is 0 Å². The number of rotatable bonds is 2. The lowest BCUT2D eigenvalue weighted by Crippen LogP contribution is -2.27. The Morgan fingerprint density at radius 1 is 1.39 bits per heavy atom. The molecule has 0 aromatic heterocycles. The van der Waals surface area contributed by atoms with E-state index in [0.717, 1.165) is 11.1 Å². The minimum absolute atomic E-state index is 0.0105. The smallest absolute Gasteiger partial charge is 0.310 e. The van der Waals surface area contributed by atoms with Crippen LogP contribution in [0.5, 0.6) is 0 Å². The van der Waals surface area contributed by atoms with Crippen LogP contribution in [-0.4, -0.2) is 19.0 Å². The molecule has 4 nitrogen and oxygen atoms in total. The first-order chi connectivity index (χ1) is 8.61. The molecule has 0 spiro atoms. The Kier molecular flexibility index (Phi) is 3.46. The number of hydrogen-bond donors (Lipinski definition) is 1. The van der Waals surface area contributed by atoms with Gasteiger partial charge in [0.2, 0.25) is 5.91 Å². The number of ether oxygens (including phenoxy) is 1. The van der Waals surface area contributed by atoms with Crippen LogP contribution in [0.2, 0.25) is 0 Å². The van der Waals surface area contributed by atoms with Gasteiger partial charge in [-0.3, -0.25) is 9.59 Å². The summed E-state index contributed by atoms with van der Waals surface area (Å²) in [6.07, 6.45) is 1.74. The van der Waals surface area contributed by atoms with Crippen molar-refractivity contribution in [1.29, 1.82) is 0 Å². The molecule has 1 atom stereocenters. The van der Waals surface area contributed by atoms with E-state index in [2.05, 4.69) is 10.1 Å². The summed E-state index contributed by atoms with van der Waals surface area (Å²) in [6, 6.07) is 7.68. The fraction of sp³-hybridized carbons (Fsp3) is 0.286. The molecule has 0 bridgehead atoms. The van der Waals surface area contributed by atoms with Gasteiger partial charge in [-0.05, 0) is 24.1 Å². The van der Waals surface area contributed by atoms with E-state index >= 15 is 0 Å². The van der Waals surface area contributed by atoms with Gasteiger partial charge in [0.1, 0.15) is 0 Å². The molecule has 1 heterocycles. The molecule has 0 radical (unpaired) electrons. The predicted molar refractivity (Wildman–Crippen MR) is 67.6 cm³/mol. The molecule has 1 aliphatic rings. The zero-order valence-electron chi connectivity index (χ0n) is 10.4. The van der Waals surface area contributed by atoms with Crippen LogP contribution in [0.15, 0.2) is 29.8 Å². The molecule has 0 aliphatic carbocycles. The van der Waals surface area contributed by atoms with E-state index in [1.807, 2.05) is 31.2 Å². The second kappa shape index (κ2) is 5.04. The zero-order valence-corrected chi connectivity index (χ0v) is 10.4. The largest absolute Gasteiger partial charge is 0.469 e. The third-order valence-electron chi connectivity index (χ3n) is 2.99. The van der Waals surface area contributed by atoms with Crippen molar-refractivity contribution in [3.05, 3.63) is 41.0 Å². The lowest BCUT2D eigenvalue weighted by molar-refractivity contribution is -0.140. The molecule has 1 amide bonds. The van der Waals surface area contributed by atoms with Crippen molar-refractivity contribution in [2.45, 2.75) is 19.4 Å². The Morgan fingerprint density at radius 3 is 2.83 bits per heavy atom. The molecule has 1 N–H and O–H groups in total. The van der Waals surface area contributed by atoms with Crippen LogP contribution >= 0.6 is 0 Å². The van der Waals surface area contributed by atoms with Crippen LogP contribution in [0.3, 0.4) is 0 Å². The maximum atomic E-state index is 12.0. The van der Waals surface area contributed by atoms with Crippen LogP contribution in [0.4, 0.5) is 0 Å². The third kappa shape index (κ3) is 2.42. The summed E-state index contributed by atoms with van der Waals surface area (Å²) in [5.41, 5.74) is 2.44. The number of benzene rings is 1. The normalized spacial score (nSPS) is 18.2. The lowest BCUT2D eigenvalue weighted by atomic mass is 10.0. The molecule has 1 unspecified atom stereocenters. The Bertz CT molecular complexity index is 520. The van der Waals surface area contributed by atoms with Crippen molar-refractivity contribution in [1.82, 2.24) is 5.32 Å². The first kappa shape index (κ1) is 12.4. The molecular formula is C14H15NO3. The predicted octanol–water partition coefficient (Wildman–Crippen LogP) is 1.82. The highest BCUT2D eigenvalue weighted by Gasteiger charge is 2.22. The van der Waals surface area contributed by atoms with Gasteiger partial charge >= 0.3 is 5.97 Å². The van der Waals surface area contributed by atoms with Gasteiger partial charge in [-0.15, -0.1) is 0 Å². The Balaban J connectivity index is 2.39. The Morgan fingerprint density at radius 2 is 2.11 bits per heavy atom. The Hall–Kier alpha value is -2.10. The van der Waals surface area contributed by atoms with E-state index in [-0.39, 0.29) is 18.4 Å². The van der Waals surface area contributed by atoms with Gasteiger partial charge in [0.25, 0.3) is 0 Å². The molecule has 18 heavy (non-hydrogen) atoms. The van der Waals surface area contributed by atoms with E-state index in [0.29, 0.717) is 5.57 Å².